The van der Waals surface area contributed by atoms with Crippen LogP contribution in [0.4, 0.5) is 13.2 Å². The van der Waals surface area contributed by atoms with Crippen LogP contribution in [0.25, 0.3) is 5.82 Å². The number of ether oxygens (including phenoxy) is 1. The Kier molecular flexibility index (Phi) is 6.61. The molecule has 2 aromatic heterocycles. The molecule has 0 N–H and O–H groups in total. The van der Waals surface area contributed by atoms with Crippen LogP contribution in [-0.2, 0) is 22.3 Å². The highest BCUT2D eigenvalue weighted by Crippen LogP contribution is 2.28. The number of nitrogens with zero attached hydrogens (tertiary/aromatic N) is 4. The molecule has 10 heteroatoms. The minimum absolute atomic E-state index is 0.0806. The fraction of sp³-hybridized carbons (Fsp3) is 0.273. The molecule has 7 nitrogen and oxygen atoms in total. The zero-order valence-electron chi connectivity index (χ0n) is 17.6. The predicted molar refractivity (Wildman–Crippen MR) is 109 cm³/mol. The van der Waals surface area contributed by atoms with Gasteiger partial charge in [-0.3, -0.25) is 4.79 Å². The molecule has 1 aromatic carbocycles. The Labute approximate surface area is 182 Å². The van der Waals surface area contributed by atoms with Gasteiger partial charge in [-0.1, -0.05) is 30.3 Å². The van der Waals surface area contributed by atoms with Gasteiger partial charge in [-0.05, 0) is 31.5 Å². The van der Waals surface area contributed by atoms with E-state index < -0.39 is 23.8 Å². The van der Waals surface area contributed by atoms with E-state index in [9.17, 15) is 22.8 Å². The van der Waals surface area contributed by atoms with Crippen LogP contribution in [0.5, 0.6) is 0 Å². The Hall–Kier alpha value is -3.69. The number of hydrogen-bond donors (Lipinski definition) is 0. The minimum atomic E-state index is -4.50. The molecular weight excluding hydrogens is 425 g/mol. The van der Waals surface area contributed by atoms with Crippen molar-refractivity contribution in [3.63, 3.8) is 0 Å². The molecule has 1 amide bonds. The van der Waals surface area contributed by atoms with Crippen molar-refractivity contribution in [2.24, 2.45) is 0 Å². The molecule has 0 fully saturated rings. The molecule has 0 saturated heterocycles. The molecule has 0 bridgehead atoms. The van der Waals surface area contributed by atoms with Gasteiger partial charge in [0.2, 0.25) is 0 Å². The SMILES string of the molecule is Cc1c(C(=O)O[C@H](C)C(=O)N(C)Cc2ccccc2)cnn1-c1ccc(C(F)(F)F)cn1. The largest absolute Gasteiger partial charge is 0.449 e. The molecule has 2 heterocycles. The lowest BCUT2D eigenvalue weighted by atomic mass is 10.2. The van der Waals surface area contributed by atoms with Gasteiger partial charge in [0, 0.05) is 19.8 Å². The number of pyridine rings is 1. The van der Waals surface area contributed by atoms with Gasteiger partial charge in [-0.25, -0.2) is 14.5 Å². The van der Waals surface area contributed by atoms with E-state index in [1.807, 2.05) is 30.3 Å². The summed E-state index contributed by atoms with van der Waals surface area (Å²) in [7, 11) is 1.61. The lowest BCUT2D eigenvalue weighted by Gasteiger charge is -2.21. The highest BCUT2D eigenvalue weighted by Gasteiger charge is 2.31. The maximum absolute atomic E-state index is 12.7. The Morgan fingerprint density at radius 3 is 2.41 bits per heavy atom. The molecule has 3 aromatic rings. The monoisotopic (exact) mass is 446 g/mol. The quantitative estimate of drug-likeness (QED) is 0.539. The van der Waals surface area contributed by atoms with Gasteiger partial charge in [-0.15, -0.1) is 0 Å². The maximum atomic E-state index is 12.7. The highest BCUT2D eigenvalue weighted by molar-refractivity contribution is 5.93. The number of hydrogen-bond acceptors (Lipinski definition) is 5. The van der Waals surface area contributed by atoms with Gasteiger partial charge in [0.05, 0.1) is 17.5 Å². The first kappa shape index (κ1) is 23.0. The molecule has 32 heavy (non-hydrogen) atoms. The standard InChI is InChI=1S/C22H21F3N4O3/c1-14-18(12-27-29(14)19-10-9-17(11-26-19)22(23,24)25)21(31)32-15(2)20(30)28(3)13-16-7-5-4-6-8-16/h4-12,15H,13H2,1-3H3/t15-/m1/s1. The summed E-state index contributed by atoms with van der Waals surface area (Å²) in [6.45, 7) is 3.38. The van der Waals surface area contributed by atoms with Crippen molar-refractivity contribution in [1.82, 2.24) is 19.7 Å². The van der Waals surface area contributed by atoms with Crippen molar-refractivity contribution in [1.29, 1.82) is 0 Å². The second kappa shape index (κ2) is 9.21. The molecule has 1 atom stereocenters. The van der Waals surface area contributed by atoms with Crippen LogP contribution >= 0.6 is 0 Å². The first-order valence-electron chi connectivity index (χ1n) is 9.66. The van der Waals surface area contributed by atoms with Gasteiger partial charge < -0.3 is 9.64 Å². The van der Waals surface area contributed by atoms with Gasteiger partial charge in [-0.2, -0.15) is 18.3 Å². The summed E-state index contributed by atoms with van der Waals surface area (Å²) < 4.78 is 44.7. The predicted octanol–water partition coefficient (Wildman–Crippen LogP) is 3.80. The van der Waals surface area contributed by atoms with E-state index >= 15 is 0 Å². The first-order valence-corrected chi connectivity index (χ1v) is 9.66. The summed E-state index contributed by atoms with van der Waals surface area (Å²) in [4.78, 5) is 30.4. The molecule has 0 spiro atoms. The van der Waals surface area contributed by atoms with Gasteiger partial charge in [0.15, 0.2) is 11.9 Å². The average Bonchev–Trinajstić information content (AvgIpc) is 3.14. The summed E-state index contributed by atoms with van der Waals surface area (Å²) in [5.74, 6) is -1.03. The Morgan fingerprint density at radius 1 is 1.12 bits per heavy atom. The van der Waals surface area contributed by atoms with E-state index in [0.29, 0.717) is 18.4 Å². The van der Waals surface area contributed by atoms with E-state index in [1.54, 1.807) is 14.0 Å². The minimum Gasteiger partial charge on any atom is -0.449 e. The fourth-order valence-corrected chi connectivity index (χ4v) is 3.04. The van der Waals surface area contributed by atoms with E-state index in [0.717, 1.165) is 17.7 Å². The molecular formula is C22H21F3N4O3. The van der Waals surface area contributed by atoms with Crippen LogP contribution in [-0.4, -0.2) is 44.7 Å². The second-order valence-corrected chi connectivity index (χ2v) is 7.19. The lowest BCUT2D eigenvalue weighted by Crippen LogP contribution is -2.37. The zero-order chi connectivity index (χ0) is 23.5. The van der Waals surface area contributed by atoms with Crippen LogP contribution < -0.4 is 0 Å². The summed E-state index contributed by atoms with van der Waals surface area (Å²) in [5.41, 5.74) is 0.442. The zero-order valence-corrected chi connectivity index (χ0v) is 17.6. The van der Waals surface area contributed by atoms with Crippen molar-refractivity contribution in [3.05, 3.63) is 77.2 Å². The number of amides is 1. The van der Waals surface area contributed by atoms with Crippen molar-refractivity contribution >= 4 is 11.9 Å². The Morgan fingerprint density at radius 2 is 1.81 bits per heavy atom. The Bertz CT molecular complexity index is 1100. The van der Waals surface area contributed by atoms with Gasteiger partial charge in [0.25, 0.3) is 5.91 Å². The smallest absolute Gasteiger partial charge is 0.417 e. The number of rotatable bonds is 6. The summed E-state index contributed by atoms with van der Waals surface area (Å²) >= 11 is 0. The van der Waals surface area contributed by atoms with Crippen LogP contribution in [0, 0.1) is 6.92 Å². The van der Waals surface area contributed by atoms with E-state index in [4.69, 9.17) is 4.74 Å². The van der Waals surface area contributed by atoms with E-state index in [2.05, 4.69) is 10.1 Å². The van der Waals surface area contributed by atoms with Crippen molar-refractivity contribution in [3.8, 4) is 5.82 Å². The van der Waals surface area contributed by atoms with E-state index in [-0.39, 0.29) is 17.3 Å². The highest BCUT2D eigenvalue weighted by atomic mass is 19.4. The van der Waals surface area contributed by atoms with Crippen LogP contribution in [0.1, 0.15) is 34.1 Å². The van der Waals surface area contributed by atoms with Crippen molar-refractivity contribution in [2.75, 3.05) is 7.05 Å². The normalized spacial score (nSPS) is 12.3. The summed E-state index contributed by atoms with van der Waals surface area (Å²) in [6, 6.07) is 11.4. The summed E-state index contributed by atoms with van der Waals surface area (Å²) in [5, 5.41) is 4.02. The number of carbonyl (C=O) groups excluding carboxylic acids is 2. The molecule has 168 valence electrons. The van der Waals surface area contributed by atoms with Crippen molar-refractivity contribution < 1.29 is 27.5 Å². The Balaban J connectivity index is 1.68. The maximum Gasteiger partial charge on any atom is 0.417 e. The number of benzene rings is 1. The molecule has 0 aliphatic rings. The van der Waals surface area contributed by atoms with Gasteiger partial charge >= 0.3 is 12.1 Å². The molecule has 0 aliphatic heterocycles. The average molecular weight is 446 g/mol. The lowest BCUT2D eigenvalue weighted by molar-refractivity contribution is -0.139. The topological polar surface area (TPSA) is 77.3 Å². The number of halogens is 3. The van der Waals surface area contributed by atoms with Crippen LogP contribution in [0.3, 0.4) is 0 Å². The van der Waals surface area contributed by atoms with Crippen molar-refractivity contribution in [2.45, 2.75) is 32.7 Å². The third-order valence-electron chi connectivity index (χ3n) is 4.79. The molecule has 0 radical (unpaired) electrons. The van der Waals surface area contributed by atoms with Crippen LogP contribution in [0.2, 0.25) is 0 Å². The third-order valence-corrected chi connectivity index (χ3v) is 4.79. The van der Waals surface area contributed by atoms with Gasteiger partial charge in [0.1, 0.15) is 5.56 Å². The summed E-state index contributed by atoms with van der Waals surface area (Å²) in [6.07, 6.45) is -3.63. The number of likely N-dealkylation sites (N-methyl/N-ethyl adjacent to an activating group) is 1. The van der Waals surface area contributed by atoms with E-state index in [1.165, 1.54) is 22.7 Å². The second-order valence-electron chi connectivity index (χ2n) is 7.19. The van der Waals surface area contributed by atoms with Crippen LogP contribution in [0.15, 0.2) is 54.9 Å². The fourth-order valence-electron chi connectivity index (χ4n) is 3.04. The number of carbonyl (C=O) groups is 2. The number of esters is 1. The first-order chi connectivity index (χ1) is 15.1. The molecule has 0 saturated carbocycles. The third kappa shape index (κ3) is 5.13. The molecule has 3 rings (SSSR count). The molecule has 0 unspecified atom stereocenters. The number of aromatic nitrogens is 3. The molecule has 0 aliphatic carbocycles. The number of alkyl halides is 3.